The third-order valence-electron chi connectivity index (χ3n) is 5.40. The second-order valence-corrected chi connectivity index (χ2v) is 12.8. The molecule has 0 amide bonds. The van der Waals surface area contributed by atoms with Crippen LogP contribution in [0, 0.1) is 0 Å². The van der Waals surface area contributed by atoms with Crippen molar-refractivity contribution in [1.82, 2.24) is 0 Å². The third-order valence-corrected chi connectivity index (χ3v) is 9.76. The van der Waals surface area contributed by atoms with Crippen LogP contribution in [0.1, 0.15) is 129 Å². The highest BCUT2D eigenvalue weighted by atomic mass is 33.5. The highest BCUT2D eigenvalue weighted by Crippen LogP contribution is 2.36. The van der Waals surface area contributed by atoms with Crippen molar-refractivity contribution in [2.24, 2.45) is 0 Å². The van der Waals surface area contributed by atoms with Crippen LogP contribution in [0.3, 0.4) is 0 Å². The lowest BCUT2D eigenvalue weighted by Crippen LogP contribution is -2.09. The summed E-state index contributed by atoms with van der Waals surface area (Å²) in [4.78, 5) is 0. The summed E-state index contributed by atoms with van der Waals surface area (Å²) in [5.74, 6) is 1.62. The molecule has 0 saturated heterocycles. The van der Waals surface area contributed by atoms with Crippen molar-refractivity contribution >= 4 is 31.4 Å². The van der Waals surface area contributed by atoms with Crippen molar-refractivity contribution < 1.29 is 10.2 Å². The standard InChI is InChI=1S/C24H50O2S3/c1-3-5-7-9-11-13-15-17-19-23(25)21-27-29-28-22-24(26)20-18-16-14-12-10-8-6-4-2/h23-26H,3-22H2,1-2H3. The van der Waals surface area contributed by atoms with Gasteiger partial charge in [-0.05, 0) is 22.7 Å². The molecule has 29 heavy (non-hydrogen) atoms. The molecule has 2 atom stereocenters. The summed E-state index contributed by atoms with van der Waals surface area (Å²) in [7, 11) is 5.21. The molecule has 2 nitrogen and oxygen atoms in total. The molecule has 2 unspecified atom stereocenters. The van der Waals surface area contributed by atoms with Gasteiger partial charge in [0.1, 0.15) is 0 Å². The smallest absolute Gasteiger partial charge is 0.0639 e. The first-order chi connectivity index (χ1) is 14.2. The predicted molar refractivity (Wildman–Crippen MR) is 139 cm³/mol. The number of unbranched alkanes of at least 4 members (excludes halogenated alkanes) is 14. The van der Waals surface area contributed by atoms with Gasteiger partial charge in [-0.1, -0.05) is 138 Å². The van der Waals surface area contributed by atoms with E-state index in [1.165, 1.54) is 89.9 Å². The summed E-state index contributed by atoms with van der Waals surface area (Å²) in [6.07, 6.45) is 22.7. The Balaban J connectivity index is 3.27. The zero-order valence-corrected chi connectivity index (χ0v) is 21.9. The Bertz CT molecular complexity index is 278. The first-order valence-electron chi connectivity index (χ1n) is 12.5. The van der Waals surface area contributed by atoms with Crippen LogP contribution in [0.5, 0.6) is 0 Å². The van der Waals surface area contributed by atoms with E-state index in [1.54, 1.807) is 31.4 Å². The first kappa shape index (κ1) is 30.0. The Hall–Kier alpha value is 0.970. The van der Waals surface area contributed by atoms with E-state index in [9.17, 15) is 10.2 Å². The van der Waals surface area contributed by atoms with Crippen molar-refractivity contribution in [2.45, 2.75) is 142 Å². The zero-order valence-electron chi connectivity index (χ0n) is 19.4. The number of rotatable bonds is 24. The lowest BCUT2D eigenvalue weighted by atomic mass is 10.1. The molecule has 0 aliphatic rings. The first-order valence-corrected chi connectivity index (χ1v) is 16.3. The Morgan fingerprint density at radius 1 is 0.483 bits per heavy atom. The molecule has 0 fully saturated rings. The molecule has 0 saturated carbocycles. The van der Waals surface area contributed by atoms with Crippen molar-refractivity contribution in [3.05, 3.63) is 0 Å². The number of hydrogen-bond acceptors (Lipinski definition) is 5. The Morgan fingerprint density at radius 2 is 0.793 bits per heavy atom. The molecule has 176 valence electrons. The Labute approximate surface area is 194 Å². The Kier molecular flexibility index (Phi) is 26.1. The summed E-state index contributed by atoms with van der Waals surface area (Å²) >= 11 is 0. The molecule has 0 aliphatic heterocycles. The highest BCUT2D eigenvalue weighted by molar-refractivity contribution is 9.09. The molecular weight excluding hydrogens is 416 g/mol. The number of aliphatic hydroxyl groups is 2. The van der Waals surface area contributed by atoms with Gasteiger partial charge in [0.05, 0.1) is 12.2 Å². The molecule has 0 aliphatic carbocycles. The molecule has 0 heterocycles. The van der Waals surface area contributed by atoms with Crippen molar-refractivity contribution in [3.8, 4) is 0 Å². The fraction of sp³-hybridized carbons (Fsp3) is 1.00. The van der Waals surface area contributed by atoms with Crippen LogP contribution in [0.4, 0.5) is 0 Å². The second kappa shape index (κ2) is 25.2. The van der Waals surface area contributed by atoms with E-state index in [4.69, 9.17) is 0 Å². The van der Waals surface area contributed by atoms with Crippen LogP contribution in [-0.4, -0.2) is 33.9 Å². The van der Waals surface area contributed by atoms with Gasteiger partial charge >= 0.3 is 0 Å². The Morgan fingerprint density at radius 3 is 1.14 bits per heavy atom. The van der Waals surface area contributed by atoms with Gasteiger partial charge < -0.3 is 10.2 Å². The van der Waals surface area contributed by atoms with Gasteiger partial charge in [0, 0.05) is 11.5 Å². The number of aliphatic hydroxyl groups excluding tert-OH is 2. The van der Waals surface area contributed by atoms with Gasteiger partial charge in [-0.2, -0.15) is 0 Å². The minimum Gasteiger partial charge on any atom is -0.392 e. The minimum atomic E-state index is -0.171. The summed E-state index contributed by atoms with van der Waals surface area (Å²) in [6.45, 7) is 4.52. The van der Waals surface area contributed by atoms with E-state index in [2.05, 4.69) is 13.8 Å². The molecule has 0 spiro atoms. The maximum absolute atomic E-state index is 10.1. The van der Waals surface area contributed by atoms with Crippen molar-refractivity contribution in [1.29, 1.82) is 0 Å². The summed E-state index contributed by atoms with van der Waals surface area (Å²) < 4.78 is 0. The van der Waals surface area contributed by atoms with Gasteiger partial charge in [-0.3, -0.25) is 0 Å². The molecule has 5 heteroatoms. The van der Waals surface area contributed by atoms with E-state index < -0.39 is 0 Å². The lowest BCUT2D eigenvalue weighted by Gasteiger charge is -2.11. The van der Waals surface area contributed by atoms with E-state index in [1.807, 2.05) is 0 Å². The zero-order chi connectivity index (χ0) is 21.4. The topological polar surface area (TPSA) is 40.5 Å². The monoisotopic (exact) mass is 466 g/mol. The quantitative estimate of drug-likeness (QED) is 0.110. The van der Waals surface area contributed by atoms with E-state index in [0.29, 0.717) is 0 Å². The van der Waals surface area contributed by atoms with Gasteiger partial charge in [-0.15, -0.1) is 0 Å². The van der Waals surface area contributed by atoms with Gasteiger partial charge in [0.15, 0.2) is 0 Å². The normalized spacial score (nSPS) is 13.7. The van der Waals surface area contributed by atoms with Crippen LogP contribution in [0.15, 0.2) is 0 Å². The summed E-state index contributed by atoms with van der Waals surface area (Å²) in [6, 6.07) is 0. The van der Waals surface area contributed by atoms with E-state index >= 15 is 0 Å². The second-order valence-electron chi connectivity index (χ2n) is 8.47. The molecule has 0 aromatic heterocycles. The maximum atomic E-state index is 10.1. The molecule has 0 rings (SSSR count). The van der Waals surface area contributed by atoms with E-state index in [-0.39, 0.29) is 12.2 Å². The van der Waals surface area contributed by atoms with E-state index in [0.717, 1.165) is 37.2 Å². The molecular formula is C24H50O2S3. The summed E-state index contributed by atoms with van der Waals surface area (Å²) in [5.41, 5.74) is 0. The molecule has 0 aromatic rings. The summed E-state index contributed by atoms with van der Waals surface area (Å²) in [5, 5.41) is 20.1. The van der Waals surface area contributed by atoms with Gasteiger partial charge in [0.2, 0.25) is 0 Å². The molecule has 0 bridgehead atoms. The fourth-order valence-corrected chi connectivity index (χ4v) is 7.36. The van der Waals surface area contributed by atoms with Crippen LogP contribution < -0.4 is 0 Å². The average Bonchev–Trinajstić information content (AvgIpc) is 2.71. The average molecular weight is 467 g/mol. The predicted octanol–water partition coefficient (Wildman–Crippen LogP) is 8.80. The fourth-order valence-electron chi connectivity index (χ4n) is 3.44. The van der Waals surface area contributed by atoms with Crippen molar-refractivity contribution in [2.75, 3.05) is 11.5 Å². The minimum absolute atomic E-state index is 0.171. The molecule has 0 aromatic carbocycles. The van der Waals surface area contributed by atoms with Gasteiger partial charge in [-0.25, -0.2) is 0 Å². The van der Waals surface area contributed by atoms with Crippen LogP contribution in [0.2, 0.25) is 0 Å². The lowest BCUT2D eigenvalue weighted by molar-refractivity contribution is 0.185. The number of hydrogen-bond donors (Lipinski definition) is 2. The maximum Gasteiger partial charge on any atom is 0.0639 e. The van der Waals surface area contributed by atoms with Gasteiger partial charge in [0.25, 0.3) is 0 Å². The molecule has 2 N–H and O–H groups in total. The van der Waals surface area contributed by atoms with Crippen LogP contribution in [-0.2, 0) is 0 Å². The highest BCUT2D eigenvalue weighted by Gasteiger charge is 2.07. The van der Waals surface area contributed by atoms with Crippen molar-refractivity contribution in [3.63, 3.8) is 0 Å². The molecule has 0 radical (unpaired) electrons. The van der Waals surface area contributed by atoms with Crippen LogP contribution >= 0.6 is 31.4 Å². The SMILES string of the molecule is CCCCCCCCCCC(O)CSSSCC(O)CCCCCCCCCC. The largest absolute Gasteiger partial charge is 0.392 e. The third kappa shape index (κ3) is 25.1. The van der Waals surface area contributed by atoms with Crippen LogP contribution in [0.25, 0.3) is 0 Å².